The average Bonchev–Trinajstić information content (AvgIpc) is 2.87. The zero-order chi connectivity index (χ0) is 14.8. The highest BCUT2D eigenvalue weighted by atomic mass is 32.3. The third-order valence-corrected chi connectivity index (χ3v) is 4.31. The lowest BCUT2D eigenvalue weighted by Crippen LogP contribution is -2.45. The molecule has 1 saturated heterocycles. The van der Waals surface area contributed by atoms with Crippen molar-refractivity contribution in [2.45, 2.75) is 32.2 Å². The van der Waals surface area contributed by atoms with Crippen LogP contribution < -0.4 is 5.32 Å². The molecule has 0 bridgehead atoms. The van der Waals surface area contributed by atoms with Gasteiger partial charge in [-0.2, -0.15) is 12.7 Å². The van der Waals surface area contributed by atoms with Crippen molar-refractivity contribution in [1.82, 2.24) is 9.62 Å². The van der Waals surface area contributed by atoms with E-state index >= 15 is 0 Å². The molecule has 2 rings (SSSR count). The first kappa shape index (κ1) is 15.0. The lowest BCUT2D eigenvalue weighted by molar-refractivity contribution is 0.0893. The van der Waals surface area contributed by atoms with E-state index in [9.17, 15) is 17.1 Å². The van der Waals surface area contributed by atoms with E-state index in [1.54, 1.807) is 12.1 Å². The van der Waals surface area contributed by atoms with Crippen molar-refractivity contribution >= 4 is 16.3 Å². The van der Waals surface area contributed by atoms with E-state index in [2.05, 4.69) is 5.32 Å². The number of amides is 1. The quantitative estimate of drug-likeness (QED) is 0.849. The highest BCUT2D eigenvalue weighted by molar-refractivity contribution is 7.83. The first-order valence-electron chi connectivity index (χ1n) is 6.49. The molecule has 20 heavy (non-hydrogen) atoms. The fourth-order valence-electron chi connectivity index (χ4n) is 2.16. The third kappa shape index (κ3) is 3.57. The van der Waals surface area contributed by atoms with Crippen LogP contribution in [0.4, 0.5) is 3.89 Å². The second kappa shape index (κ2) is 5.92. The van der Waals surface area contributed by atoms with E-state index in [0.29, 0.717) is 19.3 Å². The largest absolute Gasteiger partial charge is 0.456 e. The van der Waals surface area contributed by atoms with Gasteiger partial charge >= 0.3 is 10.4 Å². The second-order valence-electron chi connectivity index (χ2n) is 4.71. The first-order valence-corrected chi connectivity index (χ1v) is 7.83. The Morgan fingerprint density at radius 1 is 1.45 bits per heavy atom. The minimum Gasteiger partial charge on any atom is -0.456 e. The number of rotatable bonds is 4. The molecular weight excluding hydrogens is 287 g/mol. The molecule has 1 aliphatic heterocycles. The molecule has 1 fully saturated rings. The van der Waals surface area contributed by atoms with Gasteiger partial charge in [-0.3, -0.25) is 4.79 Å². The number of halogens is 1. The van der Waals surface area contributed by atoms with Gasteiger partial charge in [0.05, 0.1) is 0 Å². The maximum Gasteiger partial charge on any atom is 0.374 e. The SMILES string of the molecule is CCc1ccc(C(=O)NC2CCN(S(=O)(=O)F)CC2)o1. The molecule has 0 unspecified atom stereocenters. The summed E-state index contributed by atoms with van der Waals surface area (Å²) in [5.41, 5.74) is 0. The maximum absolute atomic E-state index is 12.8. The lowest BCUT2D eigenvalue weighted by atomic mass is 10.1. The van der Waals surface area contributed by atoms with Crippen LogP contribution in [0.5, 0.6) is 0 Å². The summed E-state index contributed by atoms with van der Waals surface area (Å²) in [5, 5.41) is 2.77. The predicted molar refractivity (Wildman–Crippen MR) is 70.2 cm³/mol. The smallest absolute Gasteiger partial charge is 0.374 e. The summed E-state index contributed by atoms with van der Waals surface area (Å²) < 4.78 is 40.3. The molecule has 112 valence electrons. The molecule has 8 heteroatoms. The average molecular weight is 304 g/mol. The lowest BCUT2D eigenvalue weighted by Gasteiger charge is -2.28. The number of piperidine rings is 1. The summed E-state index contributed by atoms with van der Waals surface area (Å²) in [4.78, 5) is 11.9. The Bertz CT molecular complexity index is 576. The van der Waals surface area contributed by atoms with Crippen LogP contribution in [0.1, 0.15) is 36.1 Å². The van der Waals surface area contributed by atoms with Gasteiger partial charge in [-0.1, -0.05) is 10.8 Å². The normalized spacial score (nSPS) is 18.1. The number of carbonyl (C=O) groups is 1. The zero-order valence-corrected chi connectivity index (χ0v) is 12.0. The van der Waals surface area contributed by atoms with Crippen LogP contribution in [-0.4, -0.2) is 37.8 Å². The van der Waals surface area contributed by atoms with Crippen LogP contribution in [0.3, 0.4) is 0 Å². The van der Waals surface area contributed by atoms with Gasteiger partial charge in [-0.15, -0.1) is 0 Å². The van der Waals surface area contributed by atoms with Gasteiger partial charge in [0.2, 0.25) is 0 Å². The van der Waals surface area contributed by atoms with E-state index in [4.69, 9.17) is 4.42 Å². The van der Waals surface area contributed by atoms with Crippen LogP contribution in [0.15, 0.2) is 16.5 Å². The molecular formula is C12H17FN2O4S. The highest BCUT2D eigenvalue weighted by Crippen LogP contribution is 2.16. The van der Waals surface area contributed by atoms with Gasteiger partial charge in [0, 0.05) is 25.6 Å². The van der Waals surface area contributed by atoms with E-state index in [1.165, 1.54) is 0 Å². The molecule has 1 amide bonds. The Hall–Kier alpha value is -1.41. The summed E-state index contributed by atoms with van der Waals surface area (Å²) in [7, 11) is -4.63. The standard InChI is InChI=1S/C12H17FN2O4S/c1-2-10-3-4-11(19-10)12(16)14-9-5-7-15(8-6-9)20(13,17)18/h3-4,9H,2,5-8H2,1H3,(H,14,16). The zero-order valence-electron chi connectivity index (χ0n) is 11.1. The van der Waals surface area contributed by atoms with Gasteiger partial charge < -0.3 is 9.73 Å². The van der Waals surface area contributed by atoms with Crippen molar-refractivity contribution in [3.05, 3.63) is 23.7 Å². The van der Waals surface area contributed by atoms with Crippen molar-refractivity contribution in [3.8, 4) is 0 Å². The minimum atomic E-state index is -4.63. The van der Waals surface area contributed by atoms with E-state index in [-0.39, 0.29) is 30.8 Å². The van der Waals surface area contributed by atoms with Gasteiger partial charge in [0.25, 0.3) is 5.91 Å². The topological polar surface area (TPSA) is 79.6 Å². The number of hydrogen-bond acceptors (Lipinski definition) is 4. The van der Waals surface area contributed by atoms with Crippen molar-refractivity contribution in [2.75, 3.05) is 13.1 Å². The first-order chi connectivity index (χ1) is 9.40. The monoisotopic (exact) mass is 304 g/mol. The molecule has 1 aromatic heterocycles. The summed E-state index contributed by atoms with van der Waals surface area (Å²) in [5.74, 6) is 0.641. The fourth-order valence-corrected chi connectivity index (χ4v) is 2.81. The van der Waals surface area contributed by atoms with Crippen molar-refractivity contribution in [1.29, 1.82) is 0 Å². The van der Waals surface area contributed by atoms with Crippen LogP contribution in [-0.2, 0) is 16.8 Å². The molecule has 0 aliphatic carbocycles. The van der Waals surface area contributed by atoms with Crippen molar-refractivity contribution in [2.24, 2.45) is 0 Å². The van der Waals surface area contributed by atoms with Gasteiger partial charge in [-0.25, -0.2) is 0 Å². The predicted octanol–water partition coefficient (Wildman–Crippen LogP) is 1.25. The van der Waals surface area contributed by atoms with Gasteiger partial charge in [0.15, 0.2) is 5.76 Å². The van der Waals surface area contributed by atoms with Gasteiger partial charge in [0.1, 0.15) is 5.76 Å². The Labute approximate surface area is 117 Å². The fraction of sp³-hybridized carbons (Fsp3) is 0.583. The molecule has 0 aromatic carbocycles. The Morgan fingerprint density at radius 3 is 2.60 bits per heavy atom. The van der Waals surface area contributed by atoms with E-state index in [1.807, 2.05) is 6.92 Å². The molecule has 2 heterocycles. The third-order valence-electron chi connectivity index (χ3n) is 3.33. The number of aryl methyl sites for hydroxylation is 1. The van der Waals surface area contributed by atoms with Gasteiger partial charge in [-0.05, 0) is 25.0 Å². The molecule has 0 spiro atoms. The number of carbonyl (C=O) groups excluding carboxylic acids is 1. The second-order valence-corrected chi connectivity index (χ2v) is 6.05. The summed E-state index contributed by atoms with van der Waals surface area (Å²) >= 11 is 0. The van der Waals surface area contributed by atoms with E-state index < -0.39 is 10.4 Å². The summed E-state index contributed by atoms with van der Waals surface area (Å²) in [6, 6.07) is 3.18. The van der Waals surface area contributed by atoms with Crippen LogP contribution in [0.2, 0.25) is 0 Å². The Balaban J connectivity index is 1.88. The highest BCUT2D eigenvalue weighted by Gasteiger charge is 2.28. The Kier molecular flexibility index (Phi) is 4.44. The van der Waals surface area contributed by atoms with Crippen LogP contribution in [0.25, 0.3) is 0 Å². The number of furan rings is 1. The maximum atomic E-state index is 12.8. The molecule has 0 atom stereocenters. The van der Waals surface area contributed by atoms with Crippen molar-refractivity contribution in [3.63, 3.8) is 0 Å². The molecule has 0 saturated carbocycles. The summed E-state index contributed by atoms with van der Waals surface area (Å²) in [6.07, 6.45) is 1.48. The van der Waals surface area contributed by atoms with Crippen LogP contribution >= 0.6 is 0 Å². The van der Waals surface area contributed by atoms with Crippen molar-refractivity contribution < 1.29 is 21.5 Å². The number of nitrogens with zero attached hydrogens (tertiary/aromatic N) is 1. The number of nitrogens with one attached hydrogen (secondary N) is 1. The Morgan fingerprint density at radius 2 is 2.10 bits per heavy atom. The van der Waals surface area contributed by atoms with E-state index in [0.717, 1.165) is 10.1 Å². The molecule has 0 radical (unpaired) electrons. The molecule has 1 N–H and O–H groups in total. The summed E-state index contributed by atoms with van der Waals surface area (Å²) in [6.45, 7) is 2.07. The van der Waals surface area contributed by atoms with Crippen LogP contribution in [0, 0.1) is 0 Å². The molecule has 6 nitrogen and oxygen atoms in total. The minimum absolute atomic E-state index is 0.0716. The molecule has 1 aliphatic rings. The number of hydrogen-bond donors (Lipinski definition) is 1. The molecule has 1 aromatic rings.